The quantitative estimate of drug-likeness (QED) is 0.761. The van der Waals surface area contributed by atoms with Gasteiger partial charge in [0.15, 0.2) is 0 Å². The lowest BCUT2D eigenvalue weighted by atomic mass is 9.83. The smallest absolute Gasteiger partial charge is 0.0537 e. The lowest BCUT2D eigenvalue weighted by Crippen LogP contribution is -2.25. The molecule has 0 saturated carbocycles. The van der Waals surface area contributed by atoms with Crippen LogP contribution in [-0.2, 0) is 11.2 Å². The van der Waals surface area contributed by atoms with Gasteiger partial charge in [-0.15, -0.1) is 22.9 Å². The maximum absolute atomic E-state index is 6.16. The second-order valence-corrected chi connectivity index (χ2v) is 6.05. The summed E-state index contributed by atoms with van der Waals surface area (Å²) in [4.78, 5) is 0. The first kappa shape index (κ1) is 11.5. The number of thiophene rings is 1. The molecule has 1 aliphatic rings. The molecule has 1 atom stereocenters. The third-order valence-electron chi connectivity index (χ3n) is 3.60. The number of hydrogen-bond acceptors (Lipinski definition) is 2. The van der Waals surface area contributed by atoms with Crippen molar-refractivity contribution in [2.45, 2.75) is 12.8 Å². The first-order valence-corrected chi connectivity index (χ1v) is 7.33. The molecule has 1 aromatic carbocycles. The summed E-state index contributed by atoms with van der Waals surface area (Å²) in [6, 6.07) is 8.59. The molecule has 0 radical (unpaired) electrons. The van der Waals surface area contributed by atoms with Gasteiger partial charge in [-0.25, -0.2) is 0 Å². The predicted molar refractivity (Wildman–Crippen MR) is 74.1 cm³/mol. The van der Waals surface area contributed by atoms with E-state index in [1.165, 1.54) is 15.6 Å². The Balaban J connectivity index is 1.94. The molecule has 3 heteroatoms. The average Bonchev–Trinajstić information content (AvgIpc) is 2.99. The van der Waals surface area contributed by atoms with Crippen LogP contribution in [0.1, 0.15) is 12.0 Å². The van der Waals surface area contributed by atoms with Crippen molar-refractivity contribution < 1.29 is 4.74 Å². The molecule has 2 heterocycles. The molecule has 1 unspecified atom stereocenters. The molecular formula is C14H15ClOS. The second-order valence-electron chi connectivity index (χ2n) is 4.87. The Labute approximate surface area is 110 Å². The van der Waals surface area contributed by atoms with Crippen molar-refractivity contribution >= 4 is 33.0 Å². The number of fused-ring (bicyclic) bond motifs is 1. The normalized spacial score (nSPS) is 24.5. The zero-order valence-corrected chi connectivity index (χ0v) is 11.2. The fourth-order valence-corrected chi connectivity index (χ4v) is 3.78. The van der Waals surface area contributed by atoms with E-state index >= 15 is 0 Å². The van der Waals surface area contributed by atoms with E-state index in [0.717, 1.165) is 26.1 Å². The molecule has 3 rings (SSSR count). The number of halogens is 1. The predicted octanol–water partition coefficient (Wildman–Crippen LogP) is 4.09. The summed E-state index contributed by atoms with van der Waals surface area (Å²) in [5, 5.41) is 3.66. The van der Waals surface area contributed by atoms with E-state index in [1.807, 2.05) is 11.3 Å². The lowest BCUT2D eigenvalue weighted by Gasteiger charge is -2.24. The summed E-state index contributed by atoms with van der Waals surface area (Å²) in [6.45, 7) is 1.66. The average molecular weight is 267 g/mol. The summed E-state index contributed by atoms with van der Waals surface area (Å²) in [5.74, 6) is 0.692. The molecule has 0 amide bonds. The van der Waals surface area contributed by atoms with E-state index in [2.05, 4.69) is 29.6 Å². The van der Waals surface area contributed by atoms with Gasteiger partial charge in [0.1, 0.15) is 0 Å². The Morgan fingerprint density at radius 3 is 3.00 bits per heavy atom. The van der Waals surface area contributed by atoms with Crippen molar-refractivity contribution in [1.29, 1.82) is 0 Å². The Hall–Kier alpha value is -0.570. The van der Waals surface area contributed by atoms with Gasteiger partial charge < -0.3 is 4.74 Å². The molecule has 1 aliphatic heterocycles. The van der Waals surface area contributed by atoms with Crippen LogP contribution in [0.4, 0.5) is 0 Å². The largest absolute Gasteiger partial charge is 0.381 e. The molecule has 0 N–H and O–H groups in total. The third kappa shape index (κ3) is 2.10. The van der Waals surface area contributed by atoms with Crippen molar-refractivity contribution in [3.63, 3.8) is 0 Å². The van der Waals surface area contributed by atoms with Crippen LogP contribution >= 0.6 is 22.9 Å². The molecular weight excluding hydrogens is 252 g/mol. The summed E-state index contributed by atoms with van der Waals surface area (Å²) in [5.41, 5.74) is 1.59. The number of ether oxygens (including phenoxy) is 1. The summed E-state index contributed by atoms with van der Waals surface area (Å²) < 4.78 is 6.90. The fraction of sp³-hybridized carbons (Fsp3) is 0.429. The van der Waals surface area contributed by atoms with Crippen molar-refractivity contribution in [3.05, 3.63) is 35.2 Å². The SMILES string of the molecule is ClCC1(Cc2csc3ccccc23)CCOC1. The zero-order valence-electron chi connectivity index (χ0n) is 9.62. The lowest BCUT2D eigenvalue weighted by molar-refractivity contribution is 0.161. The van der Waals surface area contributed by atoms with E-state index in [1.54, 1.807) is 0 Å². The van der Waals surface area contributed by atoms with Crippen LogP contribution < -0.4 is 0 Å². The topological polar surface area (TPSA) is 9.23 Å². The molecule has 1 saturated heterocycles. The van der Waals surface area contributed by atoms with Gasteiger partial charge >= 0.3 is 0 Å². The molecule has 1 fully saturated rings. The highest BCUT2D eigenvalue weighted by Crippen LogP contribution is 2.37. The molecule has 0 aliphatic carbocycles. The summed E-state index contributed by atoms with van der Waals surface area (Å²) >= 11 is 7.98. The van der Waals surface area contributed by atoms with Crippen molar-refractivity contribution in [1.82, 2.24) is 0 Å². The summed E-state index contributed by atoms with van der Waals surface area (Å²) in [6.07, 6.45) is 2.13. The van der Waals surface area contributed by atoms with Crippen molar-refractivity contribution in [2.24, 2.45) is 5.41 Å². The Morgan fingerprint density at radius 1 is 1.35 bits per heavy atom. The monoisotopic (exact) mass is 266 g/mol. The van der Waals surface area contributed by atoms with Gasteiger partial charge in [-0.05, 0) is 35.2 Å². The van der Waals surface area contributed by atoms with Crippen LogP contribution in [0.5, 0.6) is 0 Å². The Kier molecular flexibility index (Phi) is 3.12. The van der Waals surface area contributed by atoms with Gasteiger partial charge in [0, 0.05) is 22.6 Å². The third-order valence-corrected chi connectivity index (χ3v) is 5.17. The van der Waals surface area contributed by atoms with Gasteiger partial charge in [-0.1, -0.05) is 18.2 Å². The minimum absolute atomic E-state index is 0.158. The van der Waals surface area contributed by atoms with E-state index in [9.17, 15) is 0 Å². The van der Waals surface area contributed by atoms with E-state index in [0.29, 0.717) is 5.88 Å². The zero-order chi connectivity index (χ0) is 11.7. The van der Waals surface area contributed by atoms with Crippen LogP contribution in [0.15, 0.2) is 29.6 Å². The highest BCUT2D eigenvalue weighted by atomic mass is 35.5. The second kappa shape index (κ2) is 4.60. The summed E-state index contributed by atoms with van der Waals surface area (Å²) in [7, 11) is 0. The van der Waals surface area contributed by atoms with E-state index < -0.39 is 0 Å². The molecule has 1 aromatic heterocycles. The van der Waals surface area contributed by atoms with Gasteiger partial charge in [0.25, 0.3) is 0 Å². The standard InChI is InChI=1S/C14H15ClOS/c15-9-14(5-6-16-10-14)7-11-8-17-13-4-2-1-3-12(11)13/h1-4,8H,5-7,9-10H2. The number of benzene rings is 1. The maximum Gasteiger partial charge on any atom is 0.0537 e. The fourth-order valence-electron chi connectivity index (χ4n) is 2.52. The van der Waals surface area contributed by atoms with Crippen molar-refractivity contribution in [3.8, 4) is 0 Å². The van der Waals surface area contributed by atoms with Crippen LogP contribution in [0.2, 0.25) is 0 Å². The maximum atomic E-state index is 6.16. The highest BCUT2D eigenvalue weighted by Gasteiger charge is 2.34. The molecule has 2 aromatic rings. The van der Waals surface area contributed by atoms with Crippen LogP contribution in [0.25, 0.3) is 10.1 Å². The Morgan fingerprint density at radius 2 is 2.24 bits per heavy atom. The van der Waals surface area contributed by atoms with E-state index in [4.69, 9.17) is 16.3 Å². The minimum Gasteiger partial charge on any atom is -0.381 e. The molecule has 90 valence electrons. The van der Waals surface area contributed by atoms with Crippen LogP contribution in [0.3, 0.4) is 0 Å². The van der Waals surface area contributed by atoms with Gasteiger partial charge in [0.05, 0.1) is 6.61 Å². The first-order chi connectivity index (χ1) is 8.33. The number of alkyl halides is 1. The molecule has 0 bridgehead atoms. The number of hydrogen-bond donors (Lipinski definition) is 0. The number of rotatable bonds is 3. The van der Waals surface area contributed by atoms with Gasteiger partial charge in [-0.3, -0.25) is 0 Å². The van der Waals surface area contributed by atoms with E-state index in [-0.39, 0.29) is 5.41 Å². The molecule has 1 nitrogen and oxygen atoms in total. The van der Waals surface area contributed by atoms with Gasteiger partial charge in [0.2, 0.25) is 0 Å². The molecule has 17 heavy (non-hydrogen) atoms. The highest BCUT2D eigenvalue weighted by molar-refractivity contribution is 7.17. The Bertz CT molecular complexity index is 514. The molecule has 0 spiro atoms. The van der Waals surface area contributed by atoms with Gasteiger partial charge in [-0.2, -0.15) is 0 Å². The minimum atomic E-state index is 0.158. The van der Waals surface area contributed by atoms with Crippen LogP contribution in [0, 0.1) is 5.41 Å². The first-order valence-electron chi connectivity index (χ1n) is 5.92. The van der Waals surface area contributed by atoms with Crippen LogP contribution in [-0.4, -0.2) is 19.1 Å². The van der Waals surface area contributed by atoms with Crippen molar-refractivity contribution in [2.75, 3.05) is 19.1 Å².